The average molecular weight is 373 g/mol. The number of hydrogen-bond donors (Lipinski definition) is 4. The second-order valence-corrected chi connectivity index (χ2v) is 6.44. The number of carbonyl (C=O) groups is 2. The molecule has 0 aromatic heterocycles. The number of allylic oxidation sites excluding steroid dienone is 2. The molecular formula is C19H36N2O5. The number of amides is 1. The fourth-order valence-corrected chi connectivity index (χ4v) is 2.53. The van der Waals surface area contributed by atoms with Crippen LogP contribution in [0.1, 0.15) is 64.7 Å². The molecule has 1 atom stereocenters. The summed E-state index contributed by atoms with van der Waals surface area (Å²) in [6.07, 6.45) is 12.6. The first-order chi connectivity index (χ1) is 12.5. The van der Waals surface area contributed by atoms with Crippen molar-refractivity contribution in [3.63, 3.8) is 0 Å². The van der Waals surface area contributed by atoms with E-state index in [9.17, 15) is 14.7 Å². The summed E-state index contributed by atoms with van der Waals surface area (Å²) in [5.41, 5.74) is 0. The molecule has 0 aromatic carbocycles. The molecule has 0 saturated carbocycles. The van der Waals surface area contributed by atoms with Crippen LogP contribution < -0.4 is 5.32 Å². The summed E-state index contributed by atoms with van der Waals surface area (Å²) in [6.45, 7) is 1.67. The maximum absolute atomic E-state index is 11.7. The van der Waals surface area contributed by atoms with Crippen molar-refractivity contribution >= 4 is 11.9 Å². The van der Waals surface area contributed by atoms with Crippen LogP contribution in [-0.2, 0) is 9.59 Å². The minimum atomic E-state index is -1.24. The van der Waals surface area contributed by atoms with Crippen LogP contribution in [-0.4, -0.2) is 64.6 Å². The molecule has 0 heterocycles. The molecule has 0 aliphatic heterocycles. The predicted octanol–water partition coefficient (Wildman–Crippen LogP) is 1.89. The number of carbonyl (C=O) groups excluding carboxylic acids is 1. The summed E-state index contributed by atoms with van der Waals surface area (Å²) in [5.74, 6) is -1.19. The SMILES string of the molecule is CCCCCCC/C=C/CCCC(=O)NCCN(CC(=O)O)C(O)CO. The molecule has 0 radical (unpaired) electrons. The van der Waals surface area contributed by atoms with Gasteiger partial charge in [0.1, 0.15) is 6.23 Å². The van der Waals surface area contributed by atoms with E-state index in [4.69, 9.17) is 10.2 Å². The van der Waals surface area contributed by atoms with Gasteiger partial charge in [-0.1, -0.05) is 44.8 Å². The monoisotopic (exact) mass is 372 g/mol. The van der Waals surface area contributed by atoms with Crippen LogP contribution in [0, 0.1) is 0 Å². The zero-order valence-electron chi connectivity index (χ0n) is 16.0. The molecule has 7 nitrogen and oxygen atoms in total. The number of aliphatic hydroxyl groups is 2. The Morgan fingerprint density at radius 3 is 2.35 bits per heavy atom. The third-order valence-corrected chi connectivity index (χ3v) is 4.06. The molecule has 1 unspecified atom stereocenters. The number of unbranched alkanes of at least 4 members (excludes halogenated alkanes) is 6. The Bertz CT molecular complexity index is 401. The molecule has 1 amide bonds. The standard InChI is InChI=1S/C19H36N2O5/c1-2-3-4-5-6-7-8-9-10-11-12-17(23)20-13-14-21(15-19(25)26)18(24)16-22/h8-9,18,22,24H,2-7,10-16H2,1H3,(H,20,23)(H,25,26)/b9-8+. The van der Waals surface area contributed by atoms with Gasteiger partial charge in [0.2, 0.25) is 5.91 Å². The van der Waals surface area contributed by atoms with Crippen molar-refractivity contribution in [1.29, 1.82) is 0 Å². The Hall–Kier alpha value is -1.44. The minimum Gasteiger partial charge on any atom is -0.480 e. The molecule has 0 saturated heterocycles. The first-order valence-corrected chi connectivity index (χ1v) is 9.67. The van der Waals surface area contributed by atoms with Crippen molar-refractivity contribution in [2.45, 2.75) is 70.9 Å². The van der Waals surface area contributed by atoms with Gasteiger partial charge in [-0.3, -0.25) is 14.5 Å². The first-order valence-electron chi connectivity index (χ1n) is 9.67. The smallest absolute Gasteiger partial charge is 0.317 e. The van der Waals surface area contributed by atoms with Crippen LogP contribution in [0.4, 0.5) is 0 Å². The molecule has 0 aliphatic rings. The summed E-state index contributed by atoms with van der Waals surface area (Å²) in [4.78, 5) is 23.7. The van der Waals surface area contributed by atoms with E-state index in [-0.39, 0.29) is 25.5 Å². The van der Waals surface area contributed by atoms with Gasteiger partial charge in [-0.05, 0) is 25.7 Å². The number of hydrogen-bond acceptors (Lipinski definition) is 5. The highest BCUT2D eigenvalue weighted by Gasteiger charge is 2.17. The Labute approximate surface area is 157 Å². The minimum absolute atomic E-state index is 0.0910. The van der Waals surface area contributed by atoms with Crippen LogP contribution in [0.2, 0.25) is 0 Å². The van der Waals surface area contributed by atoms with E-state index in [0.717, 1.165) is 19.3 Å². The molecule has 0 bridgehead atoms. The summed E-state index contributed by atoms with van der Waals surface area (Å²) in [6, 6.07) is 0. The van der Waals surface area contributed by atoms with Gasteiger partial charge >= 0.3 is 5.97 Å². The zero-order valence-corrected chi connectivity index (χ0v) is 16.0. The molecule has 4 N–H and O–H groups in total. The Morgan fingerprint density at radius 2 is 1.73 bits per heavy atom. The molecule has 0 aromatic rings. The van der Waals surface area contributed by atoms with Gasteiger partial charge in [0.15, 0.2) is 0 Å². The van der Waals surface area contributed by atoms with Crippen molar-refractivity contribution in [3.8, 4) is 0 Å². The van der Waals surface area contributed by atoms with Crippen molar-refractivity contribution < 1.29 is 24.9 Å². The van der Waals surface area contributed by atoms with Gasteiger partial charge in [0, 0.05) is 19.5 Å². The van der Waals surface area contributed by atoms with Crippen LogP contribution >= 0.6 is 0 Å². The first kappa shape index (κ1) is 24.6. The highest BCUT2D eigenvalue weighted by Crippen LogP contribution is 2.06. The average Bonchev–Trinajstić information content (AvgIpc) is 2.61. The van der Waals surface area contributed by atoms with Crippen LogP contribution in [0.25, 0.3) is 0 Å². The van der Waals surface area contributed by atoms with E-state index in [1.165, 1.54) is 37.0 Å². The molecular weight excluding hydrogens is 336 g/mol. The highest BCUT2D eigenvalue weighted by molar-refractivity contribution is 5.75. The van der Waals surface area contributed by atoms with E-state index >= 15 is 0 Å². The quantitative estimate of drug-likeness (QED) is 0.176. The third kappa shape index (κ3) is 14.9. The van der Waals surface area contributed by atoms with Gasteiger partial charge in [-0.25, -0.2) is 0 Å². The lowest BCUT2D eigenvalue weighted by atomic mass is 10.1. The molecule has 0 fully saturated rings. The van der Waals surface area contributed by atoms with Crippen molar-refractivity contribution in [3.05, 3.63) is 12.2 Å². The topological polar surface area (TPSA) is 110 Å². The zero-order chi connectivity index (χ0) is 19.6. The van der Waals surface area contributed by atoms with Gasteiger partial charge < -0.3 is 20.6 Å². The van der Waals surface area contributed by atoms with Gasteiger partial charge in [0.25, 0.3) is 0 Å². The Balaban J connectivity index is 3.71. The Kier molecular flexibility index (Phi) is 16.1. The Morgan fingerprint density at radius 1 is 1.08 bits per heavy atom. The van der Waals surface area contributed by atoms with E-state index in [2.05, 4.69) is 24.4 Å². The lowest BCUT2D eigenvalue weighted by Crippen LogP contribution is -2.45. The highest BCUT2D eigenvalue weighted by atomic mass is 16.4. The second-order valence-electron chi connectivity index (χ2n) is 6.44. The van der Waals surface area contributed by atoms with Gasteiger partial charge in [-0.15, -0.1) is 0 Å². The summed E-state index contributed by atoms with van der Waals surface area (Å²) in [7, 11) is 0. The fraction of sp³-hybridized carbons (Fsp3) is 0.789. The van der Waals surface area contributed by atoms with E-state index in [0.29, 0.717) is 6.42 Å². The van der Waals surface area contributed by atoms with Crippen LogP contribution in [0.3, 0.4) is 0 Å². The second kappa shape index (κ2) is 17.0. The molecule has 0 spiro atoms. The number of aliphatic hydroxyl groups excluding tert-OH is 2. The third-order valence-electron chi connectivity index (χ3n) is 4.06. The molecule has 0 rings (SSSR count). The number of nitrogens with one attached hydrogen (secondary N) is 1. The lowest BCUT2D eigenvalue weighted by molar-refractivity contribution is -0.142. The predicted molar refractivity (Wildman–Crippen MR) is 102 cm³/mol. The van der Waals surface area contributed by atoms with Crippen molar-refractivity contribution in [1.82, 2.24) is 10.2 Å². The van der Waals surface area contributed by atoms with E-state index < -0.39 is 18.8 Å². The molecule has 0 aliphatic carbocycles. The van der Waals surface area contributed by atoms with Crippen molar-refractivity contribution in [2.24, 2.45) is 0 Å². The summed E-state index contributed by atoms with van der Waals surface area (Å²) < 4.78 is 0. The number of aliphatic carboxylic acids is 1. The number of carboxylic acids is 1. The molecule has 26 heavy (non-hydrogen) atoms. The van der Waals surface area contributed by atoms with E-state index in [1.807, 2.05) is 0 Å². The number of rotatable bonds is 17. The van der Waals surface area contributed by atoms with Crippen LogP contribution in [0.5, 0.6) is 0 Å². The normalized spacial score (nSPS) is 12.6. The number of carboxylic acid groups (broad SMARTS) is 1. The van der Waals surface area contributed by atoms with Crippen LogP contribution in [0.15, 0.2) is 12.2 Å². The van der Waals surface area contributed by atoms with Gasteiger partial charge in [-0.2, -0.15) is 0 Å². The lowest BCUT2D eigenvalue weighted by Gasteiger charge is -2.24. The maximum Gasteiger partial charge on any atom is 0.317 e. The molecule has 7 heteroatoms. The number of nitrogens with zero attached hydrogens (tertiary/aromatic N) is 1. The molecule has 152 valence electrons. The van der Waals surface area contributed by atoms with Gasteiger partial charge in [0.05, 0.1) is 13.2 Å². The summed E-state index contributed by atoms with van der Waals surface area (Å²) in [5, 5.41) is 29.9. The maximum atomic E-state index is 11.7. The van der Waals surface area contributed by atoms with E-state index in [1.54, 1.807) is 0 Å². The fourth-order valence-electron chi connectivity index (χ4n) is 2.53. The summed E-state index contributed by atoms with van der Waals surface area (Å²) >= 11 is 0. The van der Waals surface area contributed by atoms with Crippen molar-refractivity contribution in [2.75, 3.05) is 26.2 Å². The largest absolute Gasteiger partial charge is 0.480 e.